The van der Waals surface area contributed by atoms with Gasteiger partial charge in [0.15, 0.2) is 0 Å². The lowest BCUT2D eigenvalue weighted by Crippen LogP contribution is -2.20. The van der Waals surface area contributed by atoms with E-state index in [2.05, 4.69) is 25.9 Å². The van der Waals surface area contributed by atoms with Crippen molar-refractivity contribution < 1.29 is 0 Å². The Balaban J connectivity index is 0.000000704. The van der Waals surface area contributed by atoms with Gasteiger partial charge in [-0.25, -0.2) is 4.98 Å². The number of anilines is 2. The van der Waals surface area contributed by atoms with Crippen LogP contribution in [-0.2, 0) is 0 Å². The molecule has 0 bridgehead atoms. The molecular weight excluding hydrogens is 250 g/mol. The highest BCUT2D eigenvalue weighted by atomic mass is 15.2. The number of nitrogens with one attached hydrogen (secondary N) is 1. The maximum absolute atomic E-state index is 4.62. The van der Waals surface area contributed by atoms with E-state index in [4.69, 9.17) is 0 Å². The van der Waals surface area contributed by atoms with Crippen LogP contribution in [-0.4, -0.2) is 36.6 Å². The molecule has 0 spiro atoms. The van der Waals surface area contributed by atoms with Crippen LogP contribution in [0.2, 0.25) is 0 Å². The third-order valence-corrected chi connectivity index (χ3v) is 4.09. The van der Waals surface area contributed by atoms with Crippen molar-refractivity contribution in [2.75, 3.05) is 36.9 Å². The van der Waals surface area contributed by atoms with Gasteiger partial charge in [0, 0.05) is 25.8 Å². The van der Waals surface area contributed by atoms with Gasteiger partial charge in [-0.2, -0.15) is 4.98 Å². The summed E-state index contributed by atoms with van der Waals surface area (Å²) in [7, 11) is 1.50. The van der Waals surface area contributed by atoms with Gasteiger partial charge in [-0.05, 0) is 44.7 Å². The standard InChI is InChI=1S/C14H22N4.CH5N/c1-2-6-12(5-1)11-16-14-15-8-7-13(17-14)18-9-3-4-10-18;1-2/h7-8,12H,1-6,9-11H2,(H,15,16,17);2H2,1H3. The third kappa shape index (κ3) is 4.07. The zero-order chi connectivity index (χ0) is 14.2. The van der Waals surface area contributed by atoms with Crippen molar-refractivity contribution in [2.24, 2.45) is 11.7 Å². The maximum atomic E-state index is 4.62. The quantitative estimate of drug-likeness (QED) is 0.883. The molecule has 3 N–H and O–H groups in total. The van der Waals surface area contributed by atoms with Crippen LogP contribution in [0.5, 0.6) is 0 Å². The molecular formula is C15H27N5. The molecule has 1 saturated carbocycles. The van der Waals surface area contributed by atoms with Crippen LogP contribution in [0.4, 0.5) is 11.8 Å². The summed E-state index contributed by atoms with van der Waals surface area (Å²) in [5.41, 5.74) is 4.50. The van der Waals surface area contributed by atoms with Crippen LogP contribution in [0.1, 0.15) is 38.5 Å². The summed E-state index contributed by atoms with van der Waals surface area (Å²) in [5, 5.41) is 3.40. The Morgan fingerprint density at radius 2 is 1.90 bits per heavy atom. The molecule has 0 unspecified atom stereocenters. The third-order valence-electron chi connectivity index (χ3n) is 4.09. The smallest absolute Gasteiger partial charge is 0.224 e. The summed E-state index contributed by atoms with van der Waals surface area (Å²) in [5.74, 6) is 2.70. The number of rotatable bonds is 4. The number of hydrogen-bond acceptors (Lipinski definition) is 5. The van der Waals surface area contributed by atoms with Crippen LogP contribution in [0.15, 0.2) is 12.3 Å². The van der Waals surface area contributed by atoms with Crippen molar-refractivity contribution in [3.63, 3.8) is 0 Å². The van der Waals surface area contributed by atoms with E-state index in [0.29, 0.717) is 0 Å². The summed E-state index contributed by atoms with van der Waals surface area (Å²) < 4.78 is 0. The van der Waals surface area contributed by atoms with Gasteiger partial charge in [0.25, 0.3) is 0 Å². The Morgan fingerprint density at radius 1 is 1.20 bits per heavy atom. The van der Waals surface area contributed by atoms with Gasteiger partial charge in [0.05, 0.1) is 0 Å². The van der Waals surface area contributed by atoms with Gasteiger partial charge < -0.3 is 16.0 Å². The fraction of sp³-hybridized carbons (Fsp3) is 0.733. The predicted octanol–water partition coefficient (Wildman–Crippen LogP) is 2.25. The van der Waals surface area contributed by atoms with E-state index >= 15 is 0 Å². The van der Waals surface area contributed by atoms with E-state index in [1.54, 1.807) is 0 Å². The van der Waals surface area contributed by atoms with Crippen molar-refractivity contribution in [2.45, 2.75) is 38.5 Å². The fourth-order valence-corrected chi connectivity index (χ4v) is 3.01. The second-order valence-electron chi connectivity index (χ2n) is 5.46. The first kappa shape index (κ1) is 15.0. The highest BCUT2D eigenvalue weighted by Crippen LogP contribution is 2.25. The molecule has 1 aliphatic carbocycles. The van der Waals surface area contributed by atoms with Crippen LogP contribution in [0, 0.1) is 5.92 Å². The van der Waals surface area contributed by atoms with Crippen molar-refractivity contribution in [3.05, 3.63) is 12.3 Å². The summed E-state index contributed by atoms with van der Waals surface area (Å²) in [6, 6.07) is 2.02. The second-order valence-corrected chi connectivity index (χ2v) is 5.46. The topological polar surface area (TPSA) is 67.1 Å². The lowest BCUT2D eigenvalue weighted by Gasteiger charge is -2.17. The predicted molar refractivity (Wildman–Crippen MR) is 84.0 cm³/mol. The van der Waals surface area contributed by atoms with E-state index in [9.17, 15) is 0 Å². The first-order chi connectivity index (χ1) is 9.92. The first-order valence-corrected chi connectivity index (χ1v) is 7.81. The molecule has 5 nitrogen and oxygen atoms in total. The van der Waals surface area contributed by atoms with E-state index in [-0.39, 0.29) is 0 Å². The summed E-state index contributed by atoms with van der Waals surface area (Å²) >= 11 is 0. The Hall–Kier alpha value is -1.36. The molecule has 2 aliphatic rings. The molecule has 1 aromatic heterocycles. The highest BCUT2D eigenvalue weighted by Gasteiger charge is 2.16. The molecule has 1 saturated heterocycles. The molecule has 2 heterocycles. The molecule has 0 aromatic carbocycles. The number of hydrogen-bond donors (Lipinski definition) is 2. The van der Waals surface area contributed by atoms with Crippen LogP contribution >= 0.6 is 0 Å². The fourth-order valence-electron chi connectivity index (χ4n) is 3.01. The highest BCUT2D eigenvalue weighted by molar-refractivity contribution is 5.43. The molecule has 1 aliphatic heterocycles. The van der Waals surface area contributed by atoms with Gasteiger partial charge in [0.1, 0.15) is 5.82 Å². The minimum absolute atomic E-state index is 0.798. The monoisotopic (exact) mass is 277 g/mol. The Morgan fingerprint density at radius 3 is 2.60 bits per heavy atom. The summed E-state index contributed by atoms with van der Waals surface area (Å²) in [4.78, 5) is 11.3. The van der Waals surface area contributed by atoms with Gasteiger partial charge >= 0.3 is 0 Å². The minimum Gasteiger partial charge on any atom is -0.356 e. The largest absolute Gasteiger partial charge is 0.356 e. The Bertz CT molecular complexity index is 384. The van der Waals surface area contributed by atoms with Gasteiger partial charge in [-0.1, -0.05) is 12.8 Å². The average molecular weight is 277 g/mol. The van der Waals surface area contributed by atoms with Crippen molar-refractivity contribution >= 4 is 11.8 Å². The molecule has 3 rings (SSSR count). The van der Waals surface area contributed by atoms with E-state index < -0.39 is 0 Å². The van der Waals surface area contributed by atoms with Gasteiger partial charge in [-0.3, -0.25) is 0 Å². The van der Waals surface area contributed by atoms with E-state index in [0.717, 1.165) is 37.3 Å². The Kier molecular flexibility index (Phi) is 6.05. The second kappa shape index (κ2) is 8.04. The summed E-state index contributed by atoms with van der Waals surface area (Å²) in [6.07, 6.45) is 9.95. The summed E-state index contributed by atoms with van der Waals surface area (Å²) in [6.45, 7) is 3.31. The first-order valence-electron chi connectivity index (χ1n) is 7.81. The molecule has 112 valence electrons. The normalized spacial score (nSPS) is 18.8. The molecule has 20 heavy (non-hydrogen) atoms. The molecule has 1 aromatic rings. The van der Waals surface area contributed by atoms with Crippen LogP contribution in [0.25, 0.3) is 0 Å². The number of nitrogens with zero attached hydrogens (tertiary/aromatic N) is 3. The zero-order valence-corrected chi connectivity index (χ0v) is 12.5. The van der Waals surface area contributed by atoms with Crippen molar-refractivity contribution in [1.82, 2.24) is 9.97 Å². The molecule has 2 fully saturated rings. The lowest BCUT2D eigenvalue weighted by molar-refractivity contribution is 0.577. The maximum Gasteiger partial charge on any atom is 0.224 e. The van der Waals surface area contributed by atoms with Crippen LogP contribution < -0.4 is 16.0 Å². The lowest BCUT2D eigenvalue weighted by atomic mass is 10.1. The zero-order valence-electron chi connectivity index (χ0n) is 12.5. The van der Waals surface area contributed by atoms with E-state index in [1.165, 1.54) is 45.6 Å². The van der Waals surface area contributed by atoms with Crippen molar-refractivity contribution in [3.8, 4) is 0 Å². The van der Waals surface area contributed by atoms with Gasteiger partial charge in [0.2, 0.25) is 5.95 Å². The Labute approximate surface area is 122 Å². The number of aromatic nitrogens is 2. The van der Waals surface area contributed by atoms with Crippen LogP contribution in [0.3, 0.4) is 0 Å². The minimum atomic E-state index is 0.798. The number of nitrogens with two attached hydrogens (primary N) is 1. The molecule has 0 amide bonds. The van der Waals surface area contributed by atoms with Gasteiger partial charge in [-0.15, -0.1) is 0 Å². The van der Waals surface area contributed by atoms with E-state index in [1.807, 2.05) is 12.3 Å². The molecule has 5 heteroatoms. The van der Waals surface area contributed by atoms with Crippen molar-refractivity contribution in [1.29, 1.82) is 0 Å². The average Bonchev–Trinajstić information content (AvgIpc) is 3.21. The molecule has 0 atom stereocenters. The SMILES string of the molecule is CN.c1cc(N2CCCC2)nc(NCC2CCCC2)n1. The molecule has 0 radical (unpaired) electrons.